The van der Waals surface area contributed by atoms with Gasteiger partial charge in [0, 0.05) is 19.8 Å². The topological polar surface area (TPSA) is 78.6 Å². The first kappa shape index (κ1) is 15.1. The van der Waals surface area contributed by atoms with E-state index in [1.165, 1.54) is 13.2 Å². The molecule has 2 unspecified atom stereocenters. The third kappa shape index (κ3) is 3.08. The fourth-order valence-corrected chi connectivity index (χ4v) is 2.70. The van der Waals surface area contributed by atoms with Crippen LogP contribution in [0, 0.1) is 0 Å². The first-order valence-electron chi connectivity index (χ1n) is 5.54. The molecule has 1 rings (SSSR count). The second-order valence-corrected chi connectivity index (χ2v) is 5.59. The molecule has 2 atom stereocenters. The van der Waals surface area contributed by atoms with Crippen LogP contribution in [0.3, 0.4) is 0 Å². The summed E-state index contributed by atoms with van der Waals surface area (Å²) < 4.78 is 33.7. The molecule has 1 aromatic carbocycles. The quantitative estimate of drug-likeness (QED) is 0.886. The van der Waals surface area contributed by atoms with Gasteiger partial charge in [0.05, 0.1) is 17.1 Å². The van der Waals surface area contributed by atoms with E-state index in [1.54, 1.807) is 20.1 Å². The first-order chi connectivity index (χ1) is 8.32. The molecule has 18 heavy (non-hydrogen) atoms. The van der Waals surface area contributed by atoms with Crippen molar-refractivity contribution in [2.24, 2.45) is 5.14 Å². The Morgan fingerprint density at radius 1 is 1.11 bits per heavy atom. The van der Waals surface area contributed by atoms with Crippen LogP contribution in [0.15, 0.2) is 23.1 Å². The number of benzene rings is 1. The van der Waals surface area contributed by atoms with Gasteiger partial charge in [-0.2, -0.15) is 0 Å². The monoisotopic (exact) mass is 273 g/mol. The normalized spacial score (nSPS) is 15.4. The zero-order valence-electron chi connectivity index (χ0n) is 11.0. The molecule has 0 heterocycles. The summed E-state index contributed by atoms with van der Waals surface area (Å²) >= 11 is 0. The van der Waals surface area contributed by atoms with Gasteiger partial charge >= 0.3 is 0 Å². The number of ether oxygens (including phenoxy) is 2. The number of nitrogens with two attached hydrogens (primary N) is 1. The van der Waals surface area contributed by atoms with Crippen molar-refractivity contribution < 1.29 is 17.9 Å². The van der Waals surface area contributed by atoms with Crippen molar-refractivity contribution in [2.45, 2.75) is 31.0 Å². The Morgan fingerprint density at radius 3 is 2.11 bits per heavy atom. The predicted octanol–water partition coefficient (Wildman–Crippen LogP) is 1.75. The van der Waals surface area contributed by atoms with E-state index in [0.717, 1.165) is 5.56 Å². The van der Waals surface area contributed by atoms with Crippen LogP contribution in [0.25, 0.3) is 0 Å². The van der Waals surface area contributed by atoms with Crippen LogP contribution < -0.4 is 5.14 Å². The van der Waals surface area contributed by atoms with Crippen molar-refractivity contribution in [3.05, 3.63) is 29.3 Å². The summed E-state index contributed by atoms with van der Waals surface area (Å²) in [5.41, 5.74) is 1.32. The Kier molecular flexibility index (Phi) is 4.86. The molecule has 0 amide bonds. The molecule has 0 bridgehead atoms. The van der Waals surface area contributed by atoms with E-state index in [0.29, 0.717) is 5.56 Å². The van der Waals surface area contributed by atoms with E-state index in [9.17, 15) is 8.42 Å². The standard InChI is InChI=1S/C12H19NO4S/c1-8(16-3)10-6-5-7-11(18(13,14)15)12(10)9(2)17-4/h5-9H,1-4H3,(H2,13,14,15). The number of primary sulfonamides is 1. The van der Waals surface area contributed by atoms with Gasteiger partial charge in [-0.05, 0) is 25.5 Å². The highest BCUT2D eigenvalue weighted by atomic mass is 32.2. The summed E-state index contributed by atoms with van der Waals surface area (Å²) in [5, 5.41) is 5.24. The minimum Gasteiger partial charge on any atom is -0.377 e. The second-order valence-electron chi connectivity index (χ2n) is 4.06. The van der Waals surface area contributed by atoms with Gasteiger partial charge in [-0.3, -0.25) is 0 Å². The average molecular weight is 273 g/mol. The van der Waals surface area contributed by atoms with E-state index in [2.05, 4.69) is 0 Å². The Balaban J connectivity index is 3.55. The zero-order chi connectivity index (χ0) is 13.9. The molecule has 102 valence electrons. The molecule has 0 fully saturated rings. The SMILES string of the molecule is COC(C)c1cccc(S(N)(=O)=O)c1C(C)OC. The molecule has 0 aliphatic heterocycles. The molecule has 0 aromatic heterocycles. The van der Waals surface area contributed by atoms with Gasteiger partial charge in [-0.1, -0.05) is 12.1 Å². The maximum Gasteiger partial charge on any atom is 0.238 e. The first-order valence-corrected chi connectivity index (χ1v) is 7.08. The third-order valence-electron chi connectivity index (χ3n) is 2.96. The molecule has 0 aliphatic rings. The average Bonchev–Trinajstić information content (AvgIpc) is 2.34. The van der Waals surface area contributed by atoms with Gasteiger partial charge in [0.1, 0.15) is 0 Å². The summed E-state index contributed by atoms with van der Waals surface area (Å²) in [6.45, 7) is 3.62. The van der Waals surface area contributed by atoms with Crippen LogP contribution in [-0.4, -0.2) is 22.6 Å². The molecule has 0 spiro atoms. The van der Waals surface area contributed by atoms with E-state index >= 15 is 0 Å². The van der Waals surface area contributed by atoms with Gasteiger partial charge < -0.3 is 9.47 Å². The minimum atomic E-state index is -3.79. The van der Waals surface area contributed by atoms with Crippen molar-refractivity contribution in [2.75, 3.05) is 14.2 Å². The van der Waals surface area contributed by atoms with Crippen LogP contribution in [0.5, 0.6) is 0 Å². The highest BCUT2D eigenvalue weighted by Gasteiger charge is 2.23. The smallest absolute Gasteiger partial charge is 0.238 e. The summed E-state index contributed by atoms with van der Waals surface area (Å²) in [6, 6.07) is 4.94. The lowest BCUT2D eigenvalue weighted by Gasteiger charge is -2.21. The van der Waals surface area contributed by atoms with Crippen molar-refractivity contribution in [3.8, 4) is 0 Å². The highest BCUT2D eigenvalue weighted by Crippen LogP contribution is 2.32. The molecule has 0 saturated carbocycles. The van der Waals surface area contributed by atoms with Crippen molar-refractivity contribution in [3.63, 3.8) is 0 Å². The summed E-state index contributed by atoms with van der Waals surface area (Å²) in [4.78, 5) is 0.0817. The van der Waals surface area contributed by atoms with Crippen LogP contribution >= 0.6 is 0 Å². The van der Waals surface area contributed by atoms with Gasteiger partial charge in [-0.25, -0.2) is 13.6 Å². The Bertz CT molecular complexity index is 513. The summed E-state index contributed by atoms with van der Waals surface area (Å²) in [6.07, 6.45) is -0.619. The van der Waals surface area contributed by atoms with Crippen LogP contribution in [0.4, 0.5) is 0 Å². The lowest BCUT2D eigenvalue weighted by Crippen LogP contribution is -2.18. The van der Waals surface area contributed by atoms with Crippen molar-refractivity contribution in [1.82, 2.24) is 0 Å². The van der Waals surface area contributed by atoms with Gasteiger partial charge in [0.2, 0.25) is 10.0 Å². The van der Waals surface area contributed by atoms with E-state index in [-0.39, 0.29) is 17.1 Å². The van der Waals surface area contributed by atoms with Gasteiger partial charge in [0.15, 0.2) is 0 Å². The molecule has 1 aromatic rings. The minimum absolute atomic E-state index is 0.0817. The zero-order valence-corrected chi connectivity index (χ0v) is 11.8. The van der Waals surface area contributed by atoms with Crippen LogP contribution in [0.2, 0.25) is 0 Å². The van der Waals surface area contributed by atoms with Crippen LogP contribution in [0.1, 0.15) is 37.2 Å². The maximum atomic E-state index is 11.6. The molecule has 0 saturated heterocycles. The molecular formula is C12H19NO4S. The van der Waals surface area contributed by atoms with Gasteiger partial charge in [-0.15, -0.1) is 0 Å². The number of hydrogen-bond acceptors (Lipinski definition) is 4. The third-order valence-corrected chi connectivity index (χ3v) is 3.93. The number of hydrogen-bond donors (Lipinski definition) is 1. The number of methoxy groups -OCH3 is 2. The van der Waals surface area contributed by atoms with Crippen molar-refractivity contribution >= 4 is 10.0 Å². The largest absolute Gasteiger partial charge is 0.377 e. The Labute approximate surface area is 108 Å². The Morgan fingerprint density at radius 2 is 1.67 bits per heavy atom. The van der Waals surface area contributed by atoms with Crippen molar-refractivity contribution in [1.29, 1.82) is 0 Å². The lowest BCUT2D eigenvalue weighted by molar-refractivity contribution is 0.0985. The second kappa shape index (κ2) is 5.79. The molecule has 0 radical (unpaired) electrons. The van der Waals surface area contributed by atoms with E-state index < -0.39 is 10.0 Å². The summed E-state index contributed by atoms with van der Waals surface area (Å²) in [5.74, 6) is 0. The molecule has 0 aliphatic carbocycles. The fourth-order valence-electron chi connectivity index (χ4n) is 1.84. The maximum absolute atomic E-state index is 11.6. The van der Waals surface area contributed by atoms with E-state index in [1.807, 2.05) is 13.0 Å². The van der Waals surface area contributed by atoms with Crippen LogP contribution in [-0.2, 0) is 19.5 Å². The van der Waals surface area contributed by atoms with E-state index in [4.69, 9.17) is 14.6 Å². The Hall–Kier alpha value is -0.950. The molecule has 6 heteroatoms. The number of rotatable bonds is 5. The predicted molar refractivity (Wildman–Crippen MR) is 68.7 cm³/mol. The molecule has 5 nitrogen and oxygen atoms in total. The highest BCUT2D eigenvalue weighted by molar-refractivity contribution is 7.89. The van der Waals surface area contributed by atoms with Gasteiger partial charge in [0.25, 0.3) is 0 Å². The molecule has 2 N–H and O–H groups in total. The summed E-state index contributed by atoms with van der Waals surface area (Å²) in [7, 11) is -0.704. The molecular weight excluding hydrogens is 254 g/mol. The lowest BCUT2D eigenvalue weighted by atomic mass is 9.99. The number of sulfonamides is 1. The fraction of sp³-hybridized carbons (Fsp3) is 0.500.